The Morgan fingerprint density at radius 3 is 2.45 bits per heavy atom. The van der Waals surface area contributed by atoms with Crippen LogP contribution in [0, 0.1) is 5.92 Å². The Hall–Kier alpha value is -3.35. The molecule has 3 rings (SSSR count). The second-order valence-corrected chi connectivity index (χ2v) is 9.17. The van der Waals surface area contributed by atoms with Crippen molar-refractivity contribution in [3.8, 4) is 5.75 Å². The Morgan fingerprint density at radius 1 is 1.09 bits per heavy atom. The van der Waals surface area contributed by atoms with Gasteiger partial charge in [-0.15, -0.1) is 0 Å². The zero-order chi connectivity index (χ0) is 24.0. The summed E-state index contributed by atoms with van der Waals surface area (Å²) in [5.41, 5.74) is 1.14. The predicted octanol–water partition coefficient (Wildman–Crippen LogP) is 4.18. The summed E-state index contributed by atoms with van der Waals surface area (Å²) in [6, 6.07) is 16.5. The highest BCUT2D eigenvalue weighted by Crippen LogP contribution is 2.25. The maximum absolute atomic E-state index is 13.6. The second kappa shape index (κ2) is 10.5. The Bertz CT molecular complexity index is 982. The minimum Gasteiger partial charge on any atom is -0.497 e. The molecule has 1 aliphatic heterocycles. The lowest BCUT2D eigenvalue weighted by Gasteiger charge is -2.26. The molecule has 2 aromatic rings. The topological polar surface area (TPSA) is 82.1 Å². The van der Waals surface area contributed by atoms with Gasteiger partial charge in [0.05, 0.1) is 25.5 Å². The number of rotatable bonds is 8. The summed E-state index contributed by atoms with van der Waals surface area (Å²) in [5.74, 6) is -1.06. The van der Waals surface area contributed by atoms with E-state index in [1.807, 2.05) is 54.6 Å². The van der Waals surface area contributed by atoms with E-state index in [1.54, 1.807) is 27.9 Å². The SMILES string of the molecule is COc1cccc(CC(CC(=O)OC(C)(C)C)C(=O)N2C(=O)OC[C@@H]2Cc2ccccc2)c1. The van der Waals surface area contributed by atoms with Crippen LogP contribution in [0.4, 0.5) is 4.79 Å². The van der Waals surface area contributed by atoms with Gasteiger partial charge in [0, 0.05) is 0 Å². The lowest BCUT2D eigenvalue weighted by Crippen LogP contribution is -2.45. The van der Waals surface area contributed by atoms with Gasteiger partial charge in [-0.05, 0) is 56.9 Å². The number of nitrogens with zero attached hydrogens (tertiary/aromatic N) is 1. The molecule has 0 aromatic heterocycles. The van der Waals surface area contributed by atoms with E-state index in [-0.39, 0.29) is 19.4 Å². The number of imide groups is 1. The van der Waals surface area contributed by atoms with Crippen molar-refractivity contribution in [2.45, 2.75) is 51.7 Å². The molecule has 1 aliphatic rings. The summed E-state index contributed by atoms with van der Waals surface area (Å²) in [7, 11) is 1.57. The number of hydrogen-bond donors (Lipinski definition) is 0. The molecule has 176 valence electrons. The van der Waals surface area contributed by atoms with Crippen molar-refractivity contribution >= 4 is 18.0 Å². The molecule has 1 heterocycles. The minimum atomic E-state index is -0.782. The summed E-state index contributed by atoms with van der Waals surface area (Å²) in [4.78, 5) is 39.9. The third kappa shape index (κ3) is 6.81. The van der Waals surface area contributed by atoms with Crippen LogP contribution in [0.3, 0.4) is 0 Å². The zero-order valence-corrected chi connectivity index (χ0v) is 19.6. The van der Waals surface area contributed by atoms with Crippen LogP contribution in [0.25, 0.3) is 0 Å². The van der Waals surface area contributed by atoms with Crippen LogP contribution in [-0.4, -0.2) is 48.2 Å². The Balaban J connectivity index is 1.84. The Morgan fingerprint density at radius 2 is 1.79 bits per heavy atom. The summed E-state index contributed by atoms with van der Waals surface area (Å²) in [6.07, 6.45) is -0.0798. The van der Waals surface area contributed by atoms with Gasteiger partial charge >= 0.3 is 12.1 Å². The lowest BCUT2D eigenvalue weighted by atomic mass is 9.93. The Labute approximate surface area is 194 Å². The normalized spacial score (nSPS) is 16.8. The van der Waals surface area contributed by atoms with Crippen molar-refractivity contribution in [2.75, 3.05) is 13.7 Å². The van der Waals surface area contributed by atoms with Crippen molar-refractivity contribution in [2.24, 2.45) is 5.92 Å². The van der Waals surface area contributed by atoms with Crippen molar-refractivity contribution in [3.63, 3.8) is 0 Å². The van der Waals surface area contributed by atoms with E-state index in [0.717, 1.165) is 11.1 Å². The van der Waals surface area contributed by atoms with Crippen LogP contribution < -0.4 is 4.74 Å². The molecule has 0 N–H and O–H groups in total. The fourth-order valence-electron chi connectivity index (χ4n) is 3.88. The van der Waals surface area contributed by atoms with Gasteiger partial charge < -0.3 is 14.2 Å². The van der Waals surface area contributed by atoms with Gasteiger partial charge in [-0.1, -0.05) is 42.5 Å². The molecule has 0 saturated carbocycles. The molecule has 7 heteroatoms. The third-order valence-corrected chi connectivity index (χ3v) is 5.31. The lowest BCUT2D eigenvalue weighted by molar-refractivity contribution is -0.158. The van der Waals surface area contributed by atoms with E-state index in [1.165, 1.54) is 4.90 Å². The van der Waals surface area contributed by atoms with E-state index in [2.05, 4.69) is 0 Å². The number of methoxy groups -OCH3 is 1. The molecule has 2 amide bonds. The van der Waals surface area contributed by atoms with Crippen LogP contribution >= 0.6 is 0 Å². The molecule has 1 saturated heterocycles. The largest absolute Gasteiger partial charge is 0.497 e. The second-order valence-electron chi connectivity index (χ2n) is 9.17. The first-order chi connectivity index (χ1) is 15.7. The van der Waals surface area contributed by atoms with E-state index in [4.69, 9.17) is 14.2 Å². The maximum Gasteiger partial charge on any atom is 0.416 e. The molecular formula is C26H31NO6. The summed E-state index contributed by atoms with van der Waals surface area (Å²) in [6.45, 7) is 5.45. The predicted molar refractivity (Wildman–Crippen MR) is 123 cm³/mol. The first kappa shape index (κ1) is 24.3. The number of amides is 2. The van der Waals surface area contributed by atoms with Gasteiger partial charge in [-0.2, -0.15) is 0 Å². The highest BCUT2D eigenvalue weighted by molar-refractivity contribution is 5.96. The van der Waals surface area contributed by atoms with Gasteiger partial charge in [0.1, 0.15) is 18.0 Å². The van der Waals surface area contributed by atoms with Crippen molar-refractivity contribution < 1.29 is 28.6 Å². The van der Waals surface area contributed by atoms with Gasteiger partial charge in [-0.25, -0.2) is 9.69 Å². The molecule has 1 fully saturated rings. The maximum atomic E-state index is 13.6. The third-order valence-electron chi connectivity index (χ3n) is 5.31. The van der Waals surface area contributed by atoms with E-state index < -0.39 is 35.5 Å². The number of ether oxygens (including phenoxy) is 3. The van der Waals surface area contributed by atoms with E-state index in [0.29, 0.717) is 12.2 Å². The fourth-order valence-corrected chi connectivity index (χ4v) is 3.88. The van der Waals surface area contributed by atoms with Crippen LogP contribution in [-0.2, 0) is 31.9 Å². The molecule has 33 heavy (non-hydrogen) atoms. The standard InChI is InChI=1S/C26H31NO6/c1-26(2,3)33-23(28)16-20(13-19-11-8-12-22(15-19)31-4)24(29)27-21(17-32-25(27)30)14-18-9-6-5-7-10-18/h5-12,15,20-21H,13-14,16-17H2,1-4H3/t20?,21-/m0/s1. The molecular weight excluding hydrogens is 422 g/mol. The van der Waals surface area contributed by atoms with Crippen LogP contribution in [0.2, 0.25) is 0 Å². The van der Waals surface area contributed by atoms with Gasteiger partial charge in [-0.3, -0.25) is 9.59 Å². The molecule has 1 unspecified atom stereocenters. The van der Waals surface area contributed by atoms with E-state index in [9.17, 15) is 14.4 Å². The van der Waals surface area contributed by atoms with Crippen LogP contribution in [0.5, 0.6) is 5.75 Å². The van der Waals surface area contributed by atoms with Crippen LogP contribution in [0.1, 0.15) is 38.3 Å². The number of esters is 1. The van der Waals surface area contributed by atoms with Gasteiger partial charge in [0.25, 0.3) is 0 Å². The number of benzene rings is 2. The number of carbonyl (C=O) groups excluding carboxylic acids is 3. The summed E-state index contributed by atoms with van der Waals surface area (Å²) >= 11 is 0. The average molecular weight is 454 g/mol. The highest BCUT2D eigenvalue weighted by Gasteiger charge is 2.41. The van der Waals surface area contributed by atoms with Gasteiger partial charge in [0.2, 0.25) is 5.91 Å². The zero-order valence-electron chi connectivity index (χ0n) is 19.6. The molecule has 2 atom stereocenters. The van der Waals surface area contributed by atoms with E-state index >= 15 is 0 Å². The quantitative estimate of drug-likeness (QED) is 0.558. The van der Waals surface area contributed by atoms with Crippen molar-refractivity contribution in [3.05, 3.63) is 65.7 Å². The van der Waals surface area contributed by atoms with Crippen molar-refractivity contribution in [1.82, 2.24) is 4.90 Å². The highest BCUT2D eigenvalue weighted by atomic mass is 16.6. The monoisotopic (exact) mass is 453 g/mol. The fraction of sp³-hybridized carbons (Fsp3) is 0.423. The molecule has 0 bridgehead atoms. The molecule has 0 spiro atoms. The summed E-state index contributed by atoms with van der Waals surface area (Å²) < 4.78 is 16.0. The van der Waals surface area contributed by atoms with Gasteiger partial charge in [0.15, 0.2) is 0 Å². The smallest absolute Gasteiger partial charge is 0.416 e. The molecule has 2 aromatic carbocycles. The molecule has 0 aliphatic carbocycles. The molecule has 0 radical (unpaired) electrons. The molecule has 7 nitrogen and oxygen atoms in total. The summed E-state index contributed by atoms with van der Waals surface area (Å²) in [5, 5.41) is 0. The first-order valence-electron chi connectivity index (χ1n) is 11.0. The van der Waals surface area contributed by atoms with Crippen LogP contribution in [0.15, 0.2) is 54.6 Å². The average Bonchev–Trinajstić information content (AvgIpc) is 3.12. The minimum absolute atomic E-state index is 0.123. The Kier molecular flexibility index (Phi) is 7.74. The number of hydrogen-bond acceptors (Lipinski definition) is 6. The number of cyclic esters (lactones) is 1. The first-order valence-corrected chi connectivity index (χ1v) is 11.0. The van der Waals surface area contributed by atoms with Crippen molar-refractivity contribution in [1.29, 1.82) is 0 Å². The number of carbonyl (C=O) groups is 3.